The summed E-state index contributed by atoms with van der Waals surface area (Å²) in [7, 11) is 0. The number of para-hydroxylation sites is 2. The van der Waals surface area contributed by atoms with Gasteiger partial charge in [0.05, 0.1) is 35.5 Å². The molecule has 0 aliphatic rings. The Bertz CT molecular complexity index is 1740. The molecule has 4 aromatic heterocycles. The molecule has 0 aliphatic heterocycles. The number of H-pyrrole nitrogens is 1. The van der Waals surface area contributed by atoms with Crippen LogP contribution in [0.1, 0.15) is 22.3 Å². The van der Waals surface area contributed by atoms with Crippen molar-refractivity contribution in [2.75, 3.05) is 11.1 Å². The van der Waals surface area contributed by atoms with Gasteiger partial charge in [-0.2, -0.15) is 0 Å². The highest BCUT2D eigenvalue weighted by Gasteiger charge is 2.01. The van der Waals surface area contributed by atoms with E-state index < -0.39 is 0 Å². The molecule has 0 bridgehead atoms. The summed E-state index contributed by atoms with van der Waals surface area (Å²) in [5.41, 5.74) is 10.4. The summed E-state index contributed by atoms with van der Waals surface area (Å²) in [5, 5.41) is 5.77. The Morgan fingerprint density at radius 2 is 1.11 bits per heavy atom. The van der Waals surface area contributed by atoms with Crippen molar-refractivity contribution in [3.05, 3.63) is 153 Å². The fraction of sp³-hybridized carbons (Fsp3) is 0.0833. The predicted octanol–water partition coefficient (Wildman–Crippen LogP) is 11.9. The lowest BCUT2D eigenvalue weighted by atomic mass is 10.2. The van der Waals surface area contributed by atoms with Gasteiger partial charge in [0, 0.05) is 53.1 Å². The van der Waals surface area contributed by atoms with Crippen molar-refractivity contribution < 1.29 is 0 Å². The normalized spacial score (nSPS) is 9.22. The van der Waals surface area contributed by atoms with Gasteiger partial charge < -0.3 is 16.0 Å². The average Bonchev–Trinajstić information content (AvgIpc) is 3.41. The number of nitrogens with one attached hydrogen (secondary N) is 2. The van der Waals surface area contributed by atoms with Gasteiger partial charge in [-0.15, -0.1) is 0 Å². The number of aromatic amines is 1. The minimum Gasteiger partial charge on any atom is -0.397 e. The van der Waals surface area contributed by atoms with Crippen LogP contribution < -0.4 is 11.1 Å². The molecule has 4 heterocycles. The lowest BCUT2D eigenvalue weighted by molar-refractivity contribution is 1.31. The summed E-state index contributed by atoms with van der Waals surface area (Å²) in [4.78, 5) is 15.2. The van der Waals surface area contributed by atoms with Crippen molar-refractivity contribution in [1.82, 2.24) is 19.9 Å². The molecule has 7 aromatic rings. The van der Waals surface area contributed by atoms with Crippen LogP contribution in [0.25, 0.3) is 21.8 Å². The molecule has 0 radical (unpaired) electrons. The second kappa shape index (κ2) is 21.0. The van der Waals surface area contributed by atoms with Crippen LogP contribution >= 0.6 is 54.5 Å². The fourth-order valence-electron chi connectivity index (χ4n) is 3.65. The maximum absolute atomic E-state index is 5.41. The quantitative estimate of drug-likeness (QED) is 0.151. The summed E-state index contributed by atoms with van der Waals surface area (Å²) >= 11 is 8.96. The number of hydrogen-bond acceptors (Lipinski definition) is 5. The number of fused-ring (bicyclic) bond motifs is 3. The molecular formula is C36H39Br2IN6. The van der Waals surface area contributed by atoms with Crippen molar-refractivity contribution in [2.24, 2.45) is 0 Å². The largest absolute Gasteiger partial charge is 0.397 e. The monoisotopic (exact) mass is 840 g/mol. The molecule has 6 nitrogen and oxygen atoms in total. The Labute approximate surface area is 297 Å². The molecule has 0 atom stereocenters. The Morgan fingerprint density at radius 3 is 1.69 bits per heavy atom. The molecular weight excluding hydrogens is 803 g/mol. The second-order valence-corrected chi connectivity index (χ2v) is 11.6. The lowest BCUT2D eigenvalue weighted by Gasteiger charge is -2.06. The summed E-state index contributed by atoms with van der Waals surface area (Å²) in [6, 6.07) is 34.2. The van der Waals surface area contributed by atoms with Crippen LogP contribution in [-0.4, -0.2) is 19.9 Å². The minimum absolute atomic E-state index is 0. The lowest BCUT2D eigenvalue weighted by Crippen LogP contribution is -1.91. The molecule has 0 unspecified atom stereocenters. The van der Waals surface area contributed by atoms with Crippen LogP contribution in [0.2, 0.25) is 0 Å². The molecule has 234 valence electrons. The zero-order chi connectivity index (χ0) is 29.6. The summed E-state index contributed by atoms with van der Waals surface area (Å²) in [6.07, 6.45) is 10.5. The summed E-state index contributed by atoms with van der Waals surface area (Å²) in [6.45, 7) is 0. The van der Waals surface area contributed by atoms with Crippen molar-refractivity contribution in [2.45, 2.75) is 22.3 Å². The standard InChI is InChI=1S/C11H9BrN2.C11H8N2.C6H5I.C5H5BrN2.3CH4/c12-10-6-7-13-8-11(10)14-9-4-2-1-3-5-9;1-2-4-10-8(3-1)9-5-6-12-7-11(9)13-10;7-6-4-2-1-3-5-6;6-4-1-2-8-3-5(4)7;;;/h1-8,14H;1-7,13H;1-5H;1-3H,7H2;3*1H4. The molecule has 0 amide bonds. The molecule has 0 aliphatic carbocycles. The van der Waals surface area contributed by atoms with E-state index in [-0.39, 0.29) is 22.3 Å². The average molecular weight is 842 g/mol. The number of pyridine rings is 3. The first-order chi connectivity index (χ1) is 20.5. The zero-order valence-corrected chi connectivity index (χ0v) is 27.7. The Balaban J connectivity index is 0.000000304. The van der Waals surface area contributed by atoms with E-state index in [2.05, 4.69) is 110 Å². The SMILES string of the molecule is Brc1ccncc1Nc1ccccc1.C.C.C.Ic1ccccc1.Nc1cnccc1Br.c1ccc2c(c1)[nH]c1cnccc12. The van der Waals surface area contributed by atoms with Crippen molar-refractivity contribution >= 4 is 93.3 Å². The van der Waals surface area contributed by atoms with Gasteiger partial charge in [-0.25, -0.2) is 0 Å². The predicted molar refractivity (Wildman–Crippen MR) is 211 cm³/mol. The third-order valence-electron chi connectivity index (χ3n) is 5.66. The number of anilines is 3. The number of nitrogen functional groups attached to an aromatic ring is 1. The van der Waals surface area contributed by atoms with E-state index in [1.165, 1.54) is 19.9 Å². The van der Waals surface area contributed by atoms with E-state index in [9.17, 15) is 0 Å². The van der Waals surface area contributed by atoms with E-state index in [4.69, 9.17) is 5.73 Å². The van der Waals surface area contributed by atoms with Gasteiger partial charge in [-0.05, 0) is 103 Å². The van der Waals surface area contributed by atoms with Crippen LogP contribution in [0.3, 0.4) is 0 Å². The van der Waals surface area contributed by atoms with Crippen molar-refractivity contribution in [1.29, 1.82) is 0 Å². The van der Waals surface area contributed by atoms with Crippen molar-refractivity contribution in [3.8, 4) is 0 Å². The van der Waals surface area contributed by atoms with Crippen LogP contribution in [0.4, 0.5) is 17.1 Å². The second-order valence-electron chi connectivity index (χ2n) is 8.63. The molecule has 9 heteroatoms. The number of halogens is 3. The third kappa shape index (κ3) is 12.6. The van der Waals surface area contributed by atoms with Gasteiger partial charge in [0.25, 0.3) is 0 Å². The van der Waals surface area contributed by atoms with Crippen LogP contribution in [0, 0.1) is 3.57 Å². The molecule has 0 fully saturated rings. The number of aromatic nitrogens is 4. The molecule has 0 saturated carbocycles. The number of hydrogen-bond donors (Lipinski definition) is 3. The Kier molecular flexibility index (Phi) is 18.3. The van der Waals surface area contributed by atoms with Gasteiger partial charge in [0.15, 0.2) is 0 Å². The number of nitrogens with zero attached hydrogens (tertiary/aromatic N) is 3. The number of benzene rings is 3. The summed E-state index contributed by atoms with van der Waals surface area (Å²) in [5.74, 6) is 0. The van der Waals surface area contributed by atoms with E-state index in [0.717, 1.165) is 25.8 Å². The van der Waals surface area contributed by atoms with E-state index >= 15 is 0 Å². The topological polar surface area (TPSA) is 92.5 Å². The first-order valence-corrected chi connectivity index (χ1v) is 15.5. The minimum atomic E-state index is 0. The molecule has 0 saturated heterocycles. The first kappa shape index (κ1) is 39.2. The first-order valence-electron chi connectivity index (χ1n) is 12.8. The number of rotatable bonds is 2. The number of nitrogens with two attached hydrogens (primary N) is 1. The highest BCUT2D eigenvalue weighted by atomic mass is 127. The molecule has 0 spiro atoms. The maximum atomic E-state index is 5.41. The van der Waals surface area contributed by atoms with Gasteiger partial charge in [-0.3, -0.25) is 15.0 Å². The Morgan fingerprint density at radius 1 is 0.578 bits per heavy atom. The maximum Gasteiger partial charge on any atom is 0.0715 e. The molecule has 4 N–H and O–H groups in total. The van der Waals surface area contributed by atoms with Gasteiger partial charge >= 0.3 is 0 Å². The van der Waals surface area contributed by atoms with Crippen LogP contribution in [-0.2, 0) is 0 Å². The van der Waals surface area contributed by atoms with Crippen LogP contribution in [0.15, 0.2) is 149 Å². The van der Waals surface area contributed by atoms with Gasteiger partial charge in [0.2, 0.25) is 0 Å². The molecule has 45 heavy (non-hydrogen) atoms. The third-order valence-corrected chi connectivity index (χ3v) is 7.79. The van der Waals surface area contributed by atoms with Gasteiger partial charge in [0.1, 0.15) is 0 Å². The highest BCUT2D eigenvalue weighted by Crippen LogP contribution is 2.24. The zero-order valence-electron chi connectivity index (χ0n) is 22.3. The van der Waals surface area contributed by atoms with Crippen molar-refractivity contribution in [3.63, 3.8) is 0 Å². The van der Waals surface area contributed by atoms with Gasteiger partial charge in [-0.1, -0.05) is 76.9 Å². The van der Waals surface area contributed by atoms with E-state index in [0.29, 0.717) is 5.69 Å². The molecule has 3 aromatic carbocycles. The van der Waals surface area contributed by atoms with E-state index in [1.54, 1.807) is 30.9 Å². The summed E-state index contributed by atoms with van der Waals surface area (Å²) < 4.78 is 3.20. The fourth-order valence-corrected chi connectivity index (χ4v) is 4.61. The van der Waals surface area contributed by atoms with E-state index in [1.807, 2.05) is 79.1 Å². The smallest absolute Gasteiger partial charge is 0.0715 e. The Hall–Kier alpha value is -3.80. The highest BCUT2D eigenvalue weighted by molar-refractivity contribution is 14.1. The van der Waals surface area contributed by atoms with Crippen LogP contribution in [0.5, 0.6) is 0 Å². The molecule has 7 rings (SSSR count).